The molecule has 0 heterocycles. The van der Waals surface area contributed by atoms with Crippen LogP contribution in [0.3, 0.4) is 0 Å². The summed E-state index contributed by atoms with van der Waals surface area (Å²) in [4.78, 5) is 0. The van der Waals surface area contributed by atoms with Crippen molar-refractivity contribution in [2.75, 3.05) is 6.67 Å². The van der Waals surface area contributed by atoms with Crippen molar-refractivity contribution in [2.24, 2.45) is 0 Å². The van der Waals surface area contributed by atoms with Crippen molar-refractivity contribution in [1.29, 1.82) is 0 Å². The van der Waals surface area contributed by atoms with E-state index in [0.29, 0.717) is 0 Å². The molecule has 0 spiro atoms. The summed E-state index contributed by atoms with van der Waals surface area (Å²) in [6.45, 7) is -3.36. The first kappa shape index (κ1) is 24.9. The van der Waals surface area contributed by atoms with E-state index in [1.165, 1.54) is 0 Å². The van der Waals surface area contributed by atoms with Gasteiger partial charge in [-0.1, -0.05) is 0 Å². The van der Waals surface area contributed by atoms with E-state index in [-0.39, 0.29) is 0 Å². The zero-order chi connectivity index (χ0) is 21.6. The van der Waals surface area contributed by atoms with Gasteiger partial charge in [-0.25, -0.2) is 4.39 Å². The molecule has 5 nitrogen and oxygen atoms in total. The molecule has 0 amide bonds. The molecule has 19 heteroatoms. The summed E-state index contributed by atoms with van der Waals surface area (Å²) in [6, 6.07) is 0. The summed E-state index contributed by atoms with van der Waals surface area (Å²) in [7, 11) is -7.25. The van der Waals surface area contributed by atoms with Gasteiger partial charge in [0.1, 0.15) is 0 Å². The van der Waals surface area contributed by atoms with Crippen LogP contribution in [0.15, 0.2) is 0 Å². The summed E-state index contributed by atoms with van der Waals surface area (Å²) >= 11 is 0. The van der Waals surface area contributed by atoms with Crippen LogP contribution in [-0.2, 0) is 19.0 Å². The lowest BCUT2D eigenvalue weighted by molar-refractivity contribution is -0.499. The van der Waals surface area contributed by atoms with Crippen LogP contribution in [-0.4, -0.2) is 55.8 Å². The number of hydrogen-bond acceptors (Lipinski definition) is 5. The summed E-state index contributed by atoms with van der Waals surface area (Å²) in [6.07, 6.45) is -14.7. The van der Waals surface area contributed by atoms with Gasteiger partial charge in [0, 0.05) is 0 Å². The highest BCUT2D eigenvalue weighted by molar-refractivity contribution is 7.87. The quantitative estimate of drug-likeness (QED) is 0.282. The van der Waals surface area contributed by atoms with Crippen LogP contribution in [0.5, 0.6) is 0 Å². The lowest BCUT2D eigenvalue weighted by Gasteiger charge is -2.36. The van der Waals surface area contributed by atoms with Crippen LogP contribution in [0, 0.1) is 0 Å². The average molecular weight is 446 g/mol. The van der Waals surface area contributed by atoms with Gasteiger partial charge in [-0.2, -0.15) is 65.3 Å². The van der Waals surface area contributed by atoms with Gasteiger partial charge in [0.25, 0.3) is 0 Å². The van der Waals surface area contributed by atoms with Crippen molar-refractivity contribution in [3.05, 3.63) is 0 Å². The molecule has 0 saturated heterocycles. The second kappa shape index (κ2) is 6.51. The molecule has 0 aromatic carbocycles. The number of hydrogen-bond donors (Lipinski definition) is 1. The Morgan fingerprint density at radius 2 is 1.15 bits per heavy atom. The molecular formula is C7H3F13O5S. The lowest BCUT2D eigenvalue weighted by Crippen LogP contribution is -2.64. The van der Waals surface area contributed by atoms with Gasteiger partial charge in [-0.15, -0.1) is 0 Å². The number of alkyl halides is 13. The van der Waals surface area contributed by atoms with Crippen molar-refractivity contribution in [2.45, 2.75) is 35.6 Å². The number of ether oxygens (including phenoxy) is 1. The molecule has 0 aromatic rings. The molecule has 0 rings (SSSR count). The van der Waals surface area contributed by atoms with E-state index in [9.17, 15) is 65.5 Å². The van der Waals surface area contributed by atoms with E-state index >= 15 is 0 Å². The predicted molar refractivity (Wildman–Crippen MR) is 49.0 cm³/mol. The van der Waals surface area contributed by atoms with Crippen LogP contribution in [0.4, 0.5) is 57.1 Å². The third kappa shape index (κ3) is 4.42. The van der Waals surface area contributed by atoms with Crippen molar-refractivity contribution < 1.29 is 79.5 Å². The van der Waals surface area contributed by atoms with E-state index in [2.05, 4.69) is 8.92 Å². The first-order valence-electron chi connectivity index (χ1n) is 5.18. The highest BCUT2D eigenvalue weighted by Crippen LogP contribution is 2.54. The monoisotopic (exact) mass is 446 g/mol. The molecule has 0 saturated carbocycles. The lowest BCUT2D eigenvalue weighted by atomic mass is 10.1. The molecule has 26 heavy (non-hydrogen) atoms. The average Bonchev–Trinajstić information content (AvgIpc) is 2.33. The van der Waals surface area contributed by atoms with Crippen LogP contribution >= 0.6 is 0 Å². The fraction of sp³-hybridized carbons (Fsp3) is 1.00. The summed E-state index contributed by atoms with van der Waals surface area (Å²) in [5.74, 6) is -20.8. The van der Waals surface area contributed by atoms with Crippen LogP contribution in [0.1, 0.15) is 0 Å². The number of rotatable bonds is 7. The second-order valence-corrected chi connectivity index (χ2v) is 5.63. The molecule has 1 unspecified atom stereocenters. The van der Waals surface area contributed by atoms with Crippen LogP contribution < -0.4 is 0 Å². The Kier molecular flexibility index (Phi) is 6.24. The van der Waals surface area contributed by atoms with Gasteiger partial charge in [0.15, 0.2) is 6.67 Å². The van der Waals surface area contributed by atoms with Crippen molar-refractivity contribution in [1.82, 2.24) is 0 Å². The largest absolute Gasteiger partial charge is 0.523 e. The van der Waals surface area contributed by atoms with Gasteiger partial charge >= 0.3 is 45.7 Å². The highest BCUT2D eigenvalue weighted by atomic mass is 32.2. The minimum absolute atomic E-state index is 2.07. The minimum atomic E-state index is -7.66. The molecular weight excluding hydrogens is 443 g/mol. The molecule has 158 valence electrons. The SMILES string of the molecule is O=S(=O)(OC(O)(CF)OC(F)(F)C(F)(F)C(F)(F)C(F)(F)F)C(F)(F)F. The van der Waals surface area contributed by atoms with E-state index in [4.69, 9.17) is 5.11 Å². The topological polar surface area (TPSA) is 72.8 Å². The smallest absolute Gasteiger partial charge is 0.340 e. The summed E-state index contributed by atoms with van der Waals surface area (Å²) in [5, 5.41) is 8.65. The molecule has 0 bridgehead atoms. The van der Waals surface area contributed by atoms with E-state index in [0.717, 1.165) is 0 Å². The van der Waals surface area contributed by atoms with Gasteiger partial charge in [-0.3, -0.25) is 4.74 Å². The molecule has 0 aromatic heterocycles. The van der Waals surface area contributed by atoms with E-state index in [1.54, 1.807) is 0 Å². The standard InChI is InChI=1S/C7H3F13O5S/c8-1-2(21,25-26(22,23)7(18,19)20)24-6(16,17)4(11,12)3(9,10)5(13,14)15/h21H,1H2. The zero-order valence-electron chi connectivity index (χ0n) is 11.1. The highest BCUT2D eigenvalue weighted by Gasteiger charge is 2.84. The Bertz CT molecular complexity index is 607. The van der Waals surface area contributed by atoms with Gasteiger partial charge in [0.2, 0.25) is 0 Å². The van der Waals surface area contributed by atoms with E-state index in [1.807, 2.05) is 0 Å². The van der Waals surface area contributed by atoms with Crippen molar-refractivity contribution in [3.8, 4) is 0 Å². The second-order valence-electron chi connectivity index (χ2n) is 4.09. The molecule has 0 fully saturated rings. The third-order valence-electron chi connectivity index (χ3n) is 2.10. The Balaban J connectivity index is 5.96. The predicted octanol–water partition coefficient (Wildman–Crippen LogP) is 2.91. The molecule has 1 N–H and O–H groups in total. The van der Waals surface area contributed by atoms with Gasteiger partial charge < -0.3 is 5.11 Å². The maximum absolute atomic E-state index is 12.9. The van der Waals surface area contributed by atoms with Gasteiger partial charge in [-0.05, 0) is 0 Å². The van der Waals surface area contributed by atoms with Gasteiger partial charge in [0.05, 0.1) is 0 Å². The Labute approximate surface area is 133 Å². The van der Waals surface area contributed by atoms with Crippen molar-refractivity contribution in [3.63, 3.8) is 0 Å². The first-order valence-corrected chi connectivity index (χ1v) is 6.59. The van der Waals surface area contributed by atoms with Crippen LogP contribution in [0.2, 0.25) is 0 Å². The molecule has 0 radical (unpaired) electrons. The summed E-state index contributed by atoms with van der Waals surface area (Å²) < 4.78 is 185. The molecule has 0 aliphatic rings. The number of aliphatic hydroxyl groups is 1. The molecule has 0 aliphatic heterocycles. The zero-order valence-corrected chi connectivity index (χ0v) is 11.9. The normalized spacial score (nSPS) is 17.9. The Morgan fingerprint density at radius 3 is 1.42 bits per heavy atom. The fourth-order valence-corrected chi connectivity index (χ4v) is 1.43. The molecule has 0 aliphatic carbocycles. The maximum atomic E-state index is 12.9. The van der Waals surface area contributed by atoms with E-state index < -0.39 is 52.4 Å². The first-order chi connectivity index (χ1) is 11.0. The summed E-state index contributed by atoms with van der Waals surface area (Å²) in [5.41, 5.74) is -6.59. The fourth-order valence-electron chi connectivity index (χ4n) is 0.910. The molecule has 1 atom stereocenters. The number of halogens is 13. The maximum Gasteiger partial charge on any atom is 0.523 e. The third-order valence-corrected chi connectivity index (χ3v) is 3.14. The van der Waals surface area contributed by atoms with Crippen molar-refractivity contribution >= 4 is 10.1 Å². The Morgan fingerprint density at radius 1 is 0.769 bits per heavy atom. The van der Waals surface area contributed by atoms with Crippen LogP contribution in [0.25, 0.3) is 0 Å². The Hall–Kier alpha value is -1.08. The minimum Gasteiger partial charge on any atom is -0.340 e.